The maximum absolute atomic E-state index is 13.5. The Bertz CT molecular complexity index is 1350. The SMILES string of the molecule is O=C(NC(CN1CCCC1)C(O)c1ccc(OC2CC2)c(Cl)c1)C1=NOCc2c1ccc1cccnc21. The molecule has 37 heavy (non-hydrogen) atoms. The zero-order chi connectivity index (χ0) is 25.4. The van der Waals surface area contributed by atoms with Gasteiger partial charge in [0.1, 0.15) is 18.5 Å². The lowest BCUT2D eigenvalue weighted by atomic mass is 9.97. The second-order valence-corrected chi connectivity index (χ2v) is 10.3. The fourth-order valence-corrected chi connectivity index (χ4v) is 5.28. The highest BCUT2D eigenvalue weighted by molar-refractivity contribution is 6.46. The molecule has 3 aliphatic rings. The van der Waals surface area contributed by atoms with Crippen molar-refractivity contribution >= 4 is 34.1 Å². The molecule has 2 fully saturated rings. The van der Waals surface area contributed by atoms with Crippen LogP contribution < -0.4 is 10.1 Å². The second-order valence-electron chi connectivity index (χ2n) is 9.92. The lowest BCUT2D eigenvalue weighted by Gasteiger charge is -2.29. The third kappa shape index (κ3) is 5.14. The molecule has 1 aromatic heterocycles. The van der Waals surface area contributed by atoms with E-state index in [4.69, 9.17) is 21.2 Å². The number of likely N-dealkylation sites (tertiary alicyclic amines) is 1. The van der Waals surface area contributed by atoms with Crippen molar-refractivity contribution in [1.29, 1.82) is 0 Å². The summed E-state index contributed by atoms with van der Waals surface area (Å²) in [5.74, 6) is 0.214. The van der Waals surface area contributed by atoms with Gasteiger partial charge in [0.05, 0.1) is 22.7 Å². The van der Waals surface area contributed by atoms with E-state index < -0.39 is 18.1 Å². The summed E-state index contributed by atoms with van der Waals surface area (Å²) in [7, 11) is 0. The number of oxime groups is 1. The summed E-state index contributed by atoms with van der Waals surface area (Å²) >= 11 is 6.48. The van der Waals surface area contributed by atoms with Gasteiger partial charge >= 0.3 is 0 Å². The normalized spacial score (nSPS) is 19.0. The summed E-state index contributed by atoms with van der Waals surface area (Å²) in [5, 5.41) is 20.0. The number of pyridine rings is 1. The van der Waals surface area contributed by atoms with Crippen LogP contribution in [0.5, 0.6) is 5.75 Å². The summed E-state index contributed by atoms with van der Waals surface area (Å²) in [6.07, 6.45) is 5.25. The van der Waals surface area contributed by atoms with Gasteiger partial charge in [-0.1, -0.05) is 41.0 Å². The first kappa shape index (κ1) is 24.2. The van der Waals surface area contributed by atoms with Crippen LogP contribution in [0.25, 0.3) is 10.9 Å². The summed E-state index contributed by atoms with van der Waals surface area (Å²) in [5.41, 5.74) is 3.10. The number of aliphatic hydroxyl groups excluding tert-OH is 1. The molecule has 9 heteroatoms. The number of nitrogens with one attached hydrogen (secondary N) is 1. The number of rotatable bonds is 8. The first-order valence-corrected chi connectivity index (χ1v) is 13.2. The monoisotopic (exact) mass is 520 g/mol. The van der Waals surface area contributed by atoms with Crippen molar-refractivity contribution in [3.05, 3.63) is 70.4 Å². The van der Waals surface area contributed by atoms with Crippen molar-refractivity contribution < 1.29 is 19.5 Å². The molecule has 3 aromatic rings. The van der Waals surface area contributed by atoms with Gasteiger partial charge in [-0.25, -0.2) is 0 Å². The Morgan fingerprint density at radius 2 is 2.05 bits per heavy atom. The summed E-state index contributed by atoms with van der Waals surface area (Å²) in [4.78, 5) is 25.7. The number of aliphatic hydroxyl groups is 1. The van der Waals surface area contributed by atoms with E-state index in [1.54, 1.807) is 18.3 Å². The highest BCUT2D eigenvalue weighted by atomic mass is 35.5. The maximum atomic E-state index is 13.5. The number of nitrogens with zero attached hydrogens (tertiary/aromatic N) is 3. The predicted molar refractivity (Wildman–Crippen MR) is 141 cm³/mol. The highest BCUT2D eigenvalue weighted by Gasteiger charge is 2.31. The summed E-state index contributed by atoms with van der Waals surface area (Å²) in [6, 6.07) is 12.4. The topological polar surface area (TPSA) is 96.3 Å². The van der Waals surface area contributed by atoms with Gasteiger partial charge in [0.25, 0.3) is 5.91 Å². The van der Waals surface area contributed by atoms with Gasteiger partial charge in [0.15, 0.2) is 5.71 Å². The first-order chi connectivity index (χ1) is 18.1. The highest BCUT2D eigenvalue weighted by Crippen LogP contribution is 2.34. The molecular weight excluding hydrogens is 492 g/mol. The molecule has 0 bridgehead atoms. The number of fused-ring (bicyclic) bond motifs is 3. The van der Waals surface area contributed by atoms with Crippen LogP contribution in [0, 0.1) is 0 Å². The van der Waals surface area contributed by atoms with Crippen LogP contribution >= 0.6 is 11.6 Å². The molecule has 2 atom stereocenters. The second kappa shape index (κ2) is 10.3. The number of carbonyl (C=O) groups excluding carboxylic acids is 1. The molecule has 1 aliphatic carbocycles. The molecule has 3 heterocycles. The third-order valence-electron chi connectivity index (χ3n) is 7.18. The minimum atomic E-state index is -0.972. The minimum absolute atomic E-state index is 0.179. The Hall–Kier alpha value is -3.20. The zero-order valence-corrected chi connectivity index (χ0v) is 21.2. The third-order valence-corrected chi connectivity index (χ3v) is 7.48. The summed E-state index contributed by atoms with van der Waals surface area (Å²) in [6.45, 7) is 2.61. The quantitative estimate of drug-likeness (QED) is 0.466. The molecule has 192 valence electrons. The number of halogens is 1. The number of aromatic nitrogens is 1. The molecule has 8 nitrogen and oxygen atoms in total. The van der Waals surface area contributed by atoms with E-state index in [0.717, 1.165) is 55.2 Å². The average Bonchev–Trinajstić information content (AvgIpc) is 3.60. The molecule has 2 unspecified atom stereocenters. The number of amides is 1. The van der Waals surface area contributed by atoms with Crippen LogP contribution in [0.3, 0.4) is 0 Å². The smallest absolute Gasteiger partial charge is 0.274 e. The Morgan fingerprint density at radius 1 is 1.22 bits per heavy atom. The van der Waals surface area contributed by atoms with Crippen LogP contribution in [0.1, 0.15) is 48.5 Å². The fourth-order valence-electron chi connectivity index (χ4n) is 5.05. The van der Waals surface area contributed by atoms with Crippen molar-refractivity contribution in [3.8, 4) is 5.75 Å². The van der Waals surface area contributed by atoms with E-state index in [9.17, 15) is 9.90 Å². The molecule has 1 amide bonds. The van der Waals surface area contributed by atoms with Crippen molar-refractivity contribution in [2.45, 2.75) is 50.5 Å². The maximum Gasteiger partial charge on any atom is 0.274 e. The standard InChI is InChI=1S/C28H29ClN4O4/c29-22-14-18(6-10-24(22)37-19-7-8-19)27(34)23(15-33-12-1-2-13-33)31-28(35)26-20-9-5-17-4-3-11-30-25(17)21(20)16-36-32-26/h3-6,9-11,14,19,23,27,34H,1-2,7-8,12-13,15-16H2,(H,31,35). The lowest BCUT2D eigenvalue weighted by Crippen LogP contribution is -2.49. The van der Waals surface area contributed by atoms with Gasteiger partial charge in [-0.15, -0.1) is 0 Å². The molecule has 1 saturated carbocycles. The average molecular weight is 521 g/mol. The molecule has 0 spiro atoms. The van der Waals surface area contributed by atoms with E-state index in [-0.39, 0.29) is 18.4 Å². The van der Waals surface area contributed by atoms with Gasteiger partial charge in [0, 0.05) is 29.3 Å². The Balaban J connectivity index is 1.25. The van der Waals surface area contributed by atoms with Crippen LogP contribution in [0.2, 0.25) is 5.02 Å². The molecule has 2 N–H and O–H groups in total. The van der Waals surface area contributed by atoms with Crippen LogP contribution in [0.4, 0.5) is 0 Å². The first-order valence-electron chi connectivity index (χ1n) is 12.8. The van der Waals surface area contributed by atoms with E-state index in [0.29, 0.717) is 28.4 Å². The Labute approximate surface area is 220 Å². The number of hydrogen-bond acceptors (Lipinski definition) is 7. The van der Waals surface area contributed by atoms with Crippen molar-refractivity contribution in [2.24, 2.45) is 5.16 Å². The van der Waals surface area contributed by atoms with Crippen LogP contribution in [-0.4, -0.2) is 58.4 Å². The van der Waals surface area contributed by atoms with E-state index in [1.807, 2.05) is 30.3 Å². The largest absolute Gasteiger partial charge is 0.489 e. The van der Waals surface area contributed by atoms with Gasteiger partial charge in [-0.3, -0.25) is 9.78 Å². The van der Waals surface area contributed by atoms with Gasteiger partial charge in [-0.05, 0) is 62.5 Å². The molecule has 2 aliphatic heterocycles. The fraction of sp³-hybridized carbons (Fsp3) is 0.393. The zero-order valence-electron chi connectivity index (χ0n) is 20.4. The lowest BCUT2D eigenvalue weighted by molar-refractivity contribution is -0.116. The Kier molecular flexibility index (Phi) is 6.71. The van der Waals surface area contributed by atoms with Crippen molar-refractivity contribution in [2.75, 3.05) is 19.6 Å². The van der Waals surface area contributed by atoms with E-state index in [1.165, 1.54) is 0 Å². The van der Waals surface area contributed by atoms with Gasteiger partial charge < -0.3 is 24.9 Å². The minimum Gasteiger partial charge on any atom is -0.489 e. The predicted octanol–water partition coefficient (Wildman–Crippen LogP) is 3.98. The van der Waals surface area contributed by atoms with Gasteiger partial charge in [0.2, 0.25) is 0 Å². The van der Waals surface area contributed by atoms with Gasteiger partial charge in [-0.2, -0.15) is 0 Å². The Morgan fingerprint density at radius 3 is 2.84 bits per heavy atom. The summed E-state index contributed by atoms with van der Waals surface area (Å²) < 4.78 is 5.84. The number of benzene rings is 2. The number of hydrogen-bond donors (Lipinski definition) is 2. The van der Waals surface area contributed by atoms with Crippen molar-refractivity contribution in [1.82, 2.24) is 15.2 Å². The van der Waals surface area contributed by atoms with Crippen molar-refractivity contribution in [3.63, 3.8) is 0 Å². The molecule has 1 saturated heterocycles. The number of carbonyl (C=O) groups is 1. The van der Waals surface area contributed by atoms with Crippen LogP contribution in [0.15, 0.2) is 53.8 Å². The number of ether oxygens (including phenoxy) is 1. The van der Waals surface area contributed by atoms with Crippen LogP contribution in [-0.2, 0) is 16.2 Å². The molecule has 0 radical (unpaired) electrons. The van der Waals surface area contributed by atoms with E-state index >= 15 is 0 Å². The molecule has 6 rings (SSSR count). The van der Waals surface area contributed by atoms with E-state index in [2.05, 4.69) is 20.4 Å². The molecular formula is C28H29ClN4O4. The molecule has 2 aromatic carbocycles.